The van der Waals surface area contributed by atoms with Gasteiger partial charge < -0.3 is 0 Å². The molecule has 0 bridgehead atoms. The Balaban J connectivity index is 4.39. The smallest absolute Gasteiger partial charge is 0.257 e. The Labute approximate surface area is 84.8 Å². The number of rotatable bonds is 4. The topological polar surface area (TPSA) is 66.5 Å². The first-order valence-corrected chi connectivity index (χ1v) is 5.72. The molecule has 0 saturated carbocycles. The summed E-state index contributed by atoms with van der Waals surface area (Å²) in [5.74, 6) is -0.804. The summed E-state index contributed by atoms with van der Waals surface area (Å²) >= 11 is 0. The molecule has 1 N–H and O–H groups in total. The molecule has 0 aromatic carbocycles. The van der Waals surface area contributed by atoms with Gasteiger partial charge in [0.25, 0.3) is 5.91 Å². The summed E-state index contributed by atoms with van der Waals surface area (Å²) in [5, 5.41) is 0. The van der Waals surface area contributed by atoms with E-state index in [4.69, 9.17) is 0 Å². The molecule has 5 nitrogen and oxygen atoms in total. The fourth-order valence-electron chi connectivity index (χ4n) is 0.817. The lowest BCUT2D eigenvalue weighted by Crippen LogP contribution is -2.36. The number of carbonyl (C=O) groups is 1. The van der Waals surface area contributed by atoms with E-state index in [1.54, 1.807) is 27.9 Å². The predicted octanol–water partition coefficient (Wildman–Crippen LogP) is -0.0823. The molecule has 0 aromatic rings. The van der Waals surface area contributed by atoms with E-state index in [1.807, 2.05) is 4.72 Å². The molecule has 6 heteroatoms. The lowest BCUT2D eigenvalue weighted by molar-refractivity contribution is -0.114. The maximum Gasteiger partial charge on any atom is 0.257 e. The van der Waals surface area contributed by atoms with E-state index in [-0.39, 0.29) is 5.88 Å². The second kappa shape index (κ2) is 5.11. The van der Waals surface area contributed by atoms with Gasteiger partial charge in [-0.1, -0.05) is 5.57 Å². The molecule has 82 valence electrons. The first-order chi connectivity index (χ1) is 6.23. The van der Waals surface area contributed by atoms with Crippen LogP contribution in [0.2, 0.25) is 0 Å². The molecule has 0 fully saturated rings. The number of allylic oxidation sites excluding steroid dienone is 1. The van der Waals surface area contributed by atoms with Crippen molar-refractivity contribution < 1.29 is 13.2 Å². The monoisotopic (exact) mass is 220 g/mol. The summed E-state index contributed by atoms with van der Waals surface area (Å²) in [5.41, 5.74) is 0.752. The second-order valence-corrected chi connectivity index (χ2v) is 5.20. The van der Waals surface area contributed by atoms with Gasteiger partial charge in [-0.15, -0.1) is 0 Å². The zero-order chi connectivity index (χ0) is 11.4. The van der Waals surface area contributed by atoms with Crippen LogP contribution in [0.3, 0.4) is 0 Å². The Morgan fingerprint density at radius 1 is 1.36 bits per heavy atom. The Bertz CT molecular complexity index is 326. The maximum absolute atomic E-state index is 11.2. The van der Waals surface area contributed by atoms with Gasteiger partial charge in [0.1, 0.15) is 5.88 Å². The molecule has 0 unspecified atom stereocenters. The van der Waals surface area contributed by atoms with E-state index < -0.39 is 15.9 Å². The van der Waals surface area contributed by atoms with Gasteiger partial charge in [0.2, 0.25) is 10.0 Å². The van der Waals surface area contributed by atoms with Gasteiger partial charge >= 0.3 is 0 Å². The highest BCUT2D eigenvalue weighted by Crippen LogP contribution is 1.91. The van der Waals surface area contributed by atoms with Crippen molar-refractivity contribution in [2.24, 2.45) is 0 Å². The normalized spacial score (nSPS) is 11.2. The van der Waals surface area contributed by atoms with Gasteiger partial charge in [-0.25, -0.2) is 13.1 Å². The second-order valence-electron chi connectivity index (χ2n) is 3.51. The van der Waals surface area contributed by atoms with Crippen molar-refractivity contribution in [3.8, 4) is 0 Å². The van der Waals surface area contributed by atoms with Crippen LogP contribution in [0.15, 0.2) is 11.6 Å². The van der Waals surface area contributed by atoms with Crippen LogP contribution in [0.4, 0.5) is 0 Å². The SMILES string of the molecule is CC(C)=CC(=O)NS(=O)(=O)CN(C)C. The van der Waals surface area contributed by atoms with Crippen molar-refractivity contribution in [2.45, 2.75) is 13.8 Å². The van der Waals surface area contributed by atoms with Gasteiger partial charge in [0.05, 0.1) is 0 Å². The molecule has 0 aliphatic heterocycles. The number of hydrogen-bond donors (Lipinski definition) is 1. The summed E-state index contributed by atoms with van der Waals surface area (Å²) in [7, 11) is -0.313. The quantitative estimate of drug-likeness (QED) is 0.673. The molecular formula is C8H16N2O3S. The third kappa shape index (κ3) is 6.62. The van der Waals surface area contributed by atoms with Gasteiger partial charge in [0.15, 0.2) is 0 Å². The van der Waals surface area contributed by atoms with E-state index in [1.165, 1.54) is 11.0 Å². The molecule has 0 radical (unpaired) electrons. The first kappa shape index (κ1) is 13.1. The molecule has 0 heterocycles. The first-order valence-electron chi connectivity index (χ1n) is 4.07. The Hall–Kier alpha value is -0.880. The highest BCUT2D eigenvalue weighted by molar-refractivity contribution is 7.89. The van der Waals surface area contributed by atoms with Crippen LogP contribution in [0.5, 0.6) is 0 Å². The third-order valence-corrected chi connectivity index (χ3v) is 2.47. The lowest BCUT2D eigenvalue weighted by Gasteiger charge is -2.10. The fourth-order valence-corrected chi connectivity index (χ4v) is 1.93. The van der Waals surface area contributed by atoms with E-state index in [0.717, 1.165) is 5.57 Å². The highest BCUT2D eigenvalue weighted by atomic mass is 32.2. The highest BCUT2D eigenvalue weighted by Gasteiger charge is 2.13. The van der Waals surface area contributed by atoms with Crippen molar-refractivity contribution in [2.75, 3.05) is 20.0 Å². The predicted molar refractivity (Wildman–Crippen MR) is 55.0 cm³/mol. The summed E-state index contributed by atoms with van der Waals surface area (Å²) in [6.07, 6.45) is 1.24. The van der Waals surface area contributed by atoms with Crippen LogP contribution >= 0.6 is 0 Å². The summed E-state index contributed by atoms with van der Waals surface area (Å²) < 4.78 is 24.4. The number of hydrogen-bond acceptors (Lipinski definition) is 4. The summed E-state index contributed by atoms with van der Waals surface area (Å²) in [6, 6.07) is 0. The number of amides is 1. The van der Waals surface area contributed by atoms with Crippen molar-refractivity contribution in [1.82, 2.24) is 9.62 Å². The third-order valence-electron chi connectivity index (χ3n) is 1.10. The van der Waals surface area contributed by atoms with Crippen LogP contribution in [0.1, 0.15) is 13.8 Å². The van der Waals surface area contributed by atoms with E-state index in [2.05, 4.69) is 0 Å². The molecule has 1 amide bonds. The summed E-state index contributed by atoms with van der Waals surface area (Å²) in [4.78, 5) is 12.5. The molecule has 0 aliphatic carbocycles. The molecule has 0 spiro atoms. The van der Waals surface area contributed by atoms with E-state index in [0.29, 0.717) is 0 Å². The van der Waals surface area contributed by atoms with E-state index >= 15 is 0 Å². The largest absolute Gasteiger partial charge is 0.294 e. The average Bonchev–Trinajstić information content (AvgIpc) is 1.77. The van der Waals surface area contributed by atoms with Crippen LogP contribution in [0, 0.1) is 0 Å². The lowest BCUT2D eigenvalue weighted by atomic mass is 10.3. The Morgan fingerprint density at radius 2 is 1.86 bits per heavy atom. The zero-order valence-electron chi connectivity index (χ0n) is 8.86. The van der Waals surface area contributed by atoms with Crippen LogP contribution in [-0.4, -0.2) is 39.2 Å². The zero-order valence-corrected chi connectivity index (χ0v) is 9.68. The van der Waals surface area contributed by atoms with Crippen LogP contribution < -0.4 is 4.72 Å². The molecular weight excluding hydrogens is 204 g/mol. The molecule has 14 heavy (non-hydrogen) atoms. The number of nitrogens with one attached hydrogen (secondary N) is 1. The minimum absolute atomic E-state index is 0.199. The standard InChI is InChI=1S/C8H16N2O3S/c1-7(2)5-8(11)9-14(12,13)6-10(3)4/h5H,6H2,1-4H3,(H,9,11). The van der Waals surface area contributed by atoms with Crippen LogP contribution in [-0.2, 0) is 14.8 Å². The number of nitrogens with zero attached hydrogens (tertiary/aromatic N) is 1. The molecule has 0 saturated heterocycles. The van der Waals surface area contributed by atoms with Gasteiger partial charge in [0, 0.05) is 6.08 Å². The molecule has 0 rings (SSSR count). The molecule has 0 aliphatic rings. The average molecular weight is 220 g/mol. The molecule has 0 aromatic heterocycles. The minimum atomic E-state index is -3.54. The molecule has 0 atom stereocenters. The van der Waals surface area contributed by atoms with Crippen molar-refractivity contribution >= 4 is 15.9 Å². The number of sulfonamides is 1. The minimum Gasteiger partial charge on any atom is -0.294 e. The van der Waals surface area contributed by atoms with Gasteiger partial charge in [-0.3, -0.25) is 9.69 Å². The maximum atomic E-state index is 11.2. The fraction of sp³-hybridized carbons (Fsp3) is 0.625. The van der Waals surface area contributed by atoms with Gasteiger partial charge in [-0.2, -0.15) is 0 Å². The van der Waals surface area contributed by atoms with Crippen molar-refractivity contribution in [3.05, 3.63) is 11.6 Å². The number of carbonyl (C=O) groups excluding carboxylic acids is 1. The van der Waals surface area contributed by atoms with Crippen LogP contribution in [0.25, 0.3) is 0 Å². The van der Waals surface area contributed by atoms with Crippen molar-refractivity contribution in [3.63, 3.8) is 0 Å². The van der Waals surface area contributed by atoms with Gasteiger partial charge in [-0.05, 0) is 27.9 Å². The Kier molecular flexibility index (Phi) is 4.79. The van der Waals surface area contributed by atoms with Crippen molar-refractivity contribution in [1.29, 1.82) is 0 Å². The Morgan fingerprint density at radius 3 is 2.21 bits per heavy atom. The summed E-state index contributed by atoms with van der Waals surface area (Å²) in [6.45, 7) is 3.44. The van der Waals surface area contributed by atoms with E-state index in [9.17, 15) is 13.2 Å².